The first-order chi connectivity index (χ1) is 7.20. The molecule has 15 heavy (non-hydrogen) atoms. The van der Waals surface area contributed by atoms with Crippen LogP contribution in [0.4, 0.5) is 0 Å². The van der Waals surface area contributed by atoms with Gasteiger partial charge in [-0.1, -0.05) is 17.7 Å². The highest BCUT2D eigenvalue weighted by Gasteiger charge is 2.07. The molecule has 0 fully saturated rings. The van der Waals surface area contributed by atoms with Crippen LogP contribution in [0.2, 0.25) is 0 Å². The molecule has 0 spiro atoms. The van der Waals surface area contributed by atoms with Crippen molar-refractivity contribution in [3.8, 4) is 11.4 Å². The first-order valence-corrected chi connectivity index (χ1v) is 4.89. The van der Waals surface area contributed by atoms with E-state index in [2.05, 4.69) is 40.3 Å². The second-order valence-electron chi connectivity index (χ2n) is 3.63. The highest BCUT2D eigenvalue weighted by atomic mass is 15.2. The molecule has 0 atom stereocenters. The first kappa shape index (κ1) is 9.86. The highest BCUT2D eigenvalue weighted by Crippen LogP contribution is 2.20. The van der Waals surface area contributed by atoms with E-state index in [-0.39, 0.29) is 0 Å². The SMILES string of the molecule is Cc1ccc(C)c(-c2n[nH]c(CN)n2)c1. The van der Waals surface area contributed by atoms with Gasteiger partial charge in [-0.05, 0) is 25.5 Å². The Bertz CT molecular complexity index is 473. The van der Waals surface area contributed by atoms with Gasteiger partial charge in [0, 0.05) is 5.56 Å². The fourth-order valence-corrected chi connectivity index (χ4v) is 1.48. The van der Waals surface area contributed by atoms with Crippen molar-refractivity contribution in [1.82, 2.24) is 15.2 Å². The van der Waals surface area contributed by atoms with Gasteiger partial charge in [0.15, 0.2) is 5.82 Å². The molecular formula is C11H14N4. The van der Waals surface area contributed by atoms with Crippen LogP contribution in [-0.4, -0.2) is 15.2 Å². The molecule has 4 nitrogen and oxygen atoms in total. The summed E-state index contributed by atoms with van der Waals surface area (Å²) in [6, 6.07) is 6.23. The summed E-state index contributed by atoms with van der Waals surface area (Å²) >= 11 is 0. The second kappa shape index (κ2) is 3.82. The van der Waals surface area contributed by atoms with E-state index in [0.29, 0.717) is 12.4 Å². The first-order valence-electron chi connectivity index (χ1n) is 4.89. The number of nitrogens with two attached hydrogens (primary N) is 1. The van der Waals surface area contributed by atoms with E-state index in [1.54, 1.807) is 0 Å². The van der Waals surface area contributed by atoms with Crippen LogP contribution in [0.25, 0.3) is 11.4 Å². The lowest BCUT2D eigenvalue weighted by atomic mass is 10.1. The van der Waals surface area contributed by atoms with E-state index in [1.807, 2.05) is 6.92 Å². The summed E-state index contributed by atoms with van der Waals surface area (Å²) in [5.74, 6) is 1.43. The molecule has 1 aromatic carbocycles. The molecule has 0 aliphatic carbocycles. The molecule has 1 aromatic heterocycles. The summed E-state index contributed by atoms with van der Waals surface area (Å²) in [5, 5.41) is 6.96. The zero-order valence-electron chi connectivity index (χ0n) is 8.91. The monoisotopic (exact) mass is 202 g/mol. The summed E-state index contributed by atoms with van der Waals surface area (Å²) in [6.07, 6.45) is 0. The van der Waals surface area contributed by atoms with Crippen LogP contribution in [0.3, 0.4) is 0 Å². The van der Waals surface area contributed by atoms with E-state index >= 15 is 0 Å². The van der Waals surface area contributed by atoms with Crippen molar-refractivity contribution in [2.75, 3.05) is 0 Å². The van der Waals surface area contributed by atoms with Crippen LogP contribution in [0, 0.1) is 13.8 Å². The maximum atomic E-state index is 5.48. The summed E-state index contributed by atoms with van der Waals surface area (Å²) < 4.78 is 0. The molecule has 3 N–H and O–H groups in total. The molecule has 2 rings (SSSR count). The van der Waals surface area contributed by atoms with Crippen molar-refractivity contribution in [1.29, 1.82) is 0 Å². The van der Waals surface area contributed by atoms with Gasteiger partial charge in [0.25, 0.3) is 0 Å². The number of aromatic amines is 1. The molecular weight excluding hydrogens is 188 g/mol. The number of nitrogens with zero attached hydrogens (tertiary/aromatic N) is 2. The normalized spacial score (nSPS) is 10.6. The lowest BCUT2D eigenvalue weighted by Crippen LogP contribution is -1.98. The number of hydrogen-bond donors (Lipinski definition) is 2. The predicted octanol–water partition coefficient (Wildman–Crippen LogP) is 1.55. The number of hydrogen-bond acceptors (Lipinski definition) is 3. The number of nitrogens with one attached hydrogen (secondary N) is 1. The Kier molecular flexibility index (Phi) is 2.51. The molecule has 0 unspecified atom stereocenters. The third-order valence-corrected chi connectivity index (χ3v) is 2.36. The molecule has 0 aliphatic rings. The van der Waals surface area contributed by atoms with Crippen LogP contribution >= 0.6 is 0 Å². The number of H-pyrrole nitrogens is 1. The van der Waals surface area contributed by atoms with Gasteiger partial charge in [0.05, 0.1) is 6.54 Å². The summed E-state index contributed by atoms with van der Waals surface area (Å²) in [5.41, 5.74) is 8.91. The number of benzene rings is 1. The van der Waals surface area contributed by atoms with E-state index < -0.39 is 0 Å². The summed E-state index contributed by atoms with van der Waals surface area (Å²) in [4.78, 5) is 4.31. The van der Waals surface area contributed by atoms with Crippen molar-refractivity contribution < 1.29 is 0 Å². The number of aromatic nitrogens is 3. The molecule has 1 heterocycles. The van der Waals surface area contributed by atoms with Crippen molar-refractivity contribution in [2.45, 2.75) is 20.4 Å². The quantitative estimate of drug-likeness (QED) is 0.776. The molecule has 0 saturated carbocycles. The van der Waals surface area contributed by atoms with Crippen molar-refractivity contribution in [2.24, 2.45) is 5.73 Å². The average Bonchev–Trinajstić information content (AvgIpc) is 2.70. The maximum absolute atomic E-state index is 5.48. The standard InChI is InChI=1S/C11H14N4/c1-7-3-4-8(2)9(5-7)11-13-10(6-12)14-15-11/h3-5H,6,12H2,1-2H3,(H,13,14,15). The average molecular weight is 202 g/mol. The van der Waals surface area contributed by atoms with Crippen LogP contribution in [0.1, 0.15) is 17.0 Å². The van der Waals surface area contributed by atoms with Crippen LogP contribution in [0.15, 0.2) is 18.2 Å². The zero-order valence-corrected chi connectivity index (χ0v) is 8.91. The lowest BCUT2D eigenvalue weighted by molar-refractivity contribution is 0.917. The number of aryl methyl sites for hydroxylation is 2. The van der Waals surface area contributed by atoms with Gasteiger partial charge >= 0.3 is 0 Å². The van der Waals surface area contributed by atoms with Crippen molar-refractivity contribution in [3.63, 3.8) is 0 Å². The topological polar surface area (TPSA) is 67.6 Å². The third-order valence-electron chi connectivity index (χ3n) is 2.36. The van der Waals surface area contributed by atoms with Gasteiger partial charge in [0.1, 0.15) is 5.82 Å². The van der Waals surface area contributed by atoms with Gasteiger partial charge in [-0.3, -0.25) is 5.10 Å². The Morgan fingerprint density at radius 3 is 2.80 bits per heavy atom. The molecule has 0 aliphatic heterocycles. The second-order valence-corrected chi connectivity index (χ2v) is 3.63. The number of rotatable bonds is 2. The van der Waals surface area contributed by atoms with Crippen LogP contribution < -0.4 is 5.73 Å². The lowest BCUT2D eigenvalue weighted by Gasteiger charge is -2.02. The molecule has 4 heteroatoms. The van der Waals surface area contributed by atoms with Gasteiger partial charge < -0.3 is 5.73 Å². The largest absolute Gasteiger partial charge is 0.324 e. The van der Waals surface area contributed by atoms with Gasteiger partial charge in [-0.2, -0.15) is 5.10 Å². The fourth-order valence-electron chi connectivity index (χ4n) is 1.48. The predicted molar refractivity (Wildman–Crippen MR) is 59.2 cm³/mol. The van der Waals surface area contributed by atoms with Gasteiger partial charge in [-0.15, -0.1) is 0 Å². The molecule has 0 amide bonds. The smallest absolute Gasteiger partial charge is 0.181 e. The van der Waals surface area contributed by atoms with Crippen molar-refractivity contribution in [3.05, 3.63) is 35.2 Å². The molecule has 2 aromatic rings. The van der Waals surface area contributed by atoms with Gasteiger partial charge in [0.2, 0.25) is 0 Å². The summed E-state index contributed by atoms with van der Waals surface area (Å²) in [6.45, 7) is 4.49. The minimum atomic E-state index is 0.387. The van der Waals surface area contributed by atoms with E-state index in [4.69, 9.17) is 5.73 Å². The maximum Gasteiger partial charge on any atom is 0.181 e. The third kappa shape index (κ3) is 1.89. The van der Waals surface area contributed by atoms with E-state index in [1.165, 1.54) is 11.1 Å². The zero-order chi connectivity index (χ0) is 10.8. The summed E-state index contributed by atoms with van der Waals surface area (Å²) in [7, 11) is 0. The molecule has 78 valence electrons. The fraction of sp³-hybridized carbons (Fsp3) is 0.273. The van der Waals surface area contributed by atoms with Gasteiger partial charge in [-0.25, -0.2) is 4.98 Å². The molecule has 0 saturated heterocycles. The Hall–Kier alpha value is -1.68. The van der Waals surface area contributed by atoms with Crippen LogP contribution in [0.5, 0.6) is 0 Å². The Labute approximate surface area is 88.5 Å². The Morgan fingerprint density at radius 1 is 1.33 bits per heavy atom. The van der Waals surface area contributed by atoms with Crippen molar-refractivity contribution >= 4 is 0 Å². The highest BCUT2D eigenvalue weighted by molar-refractivity contribution is 5.60. The minimum Gasteiger partial charge on any atom is -0.324 e. The minimum absolute atomic E-state index is 0.387. The Morgan fingerprint density at radius 2 is 2.13 bits per heavy atom. The van der Waals surface area contributed by atoms with E-state index in [9.17, 15) is 0 Å². The molecule has 0 radical (unpaired) electrons. The van der Waals surface area contributed by atoms with Crippen LogP contribution in [-0.2, 0) is 6.54 Å². The molecule has 0 bridgehead atoms. The van der Waals surface area contributed by atoms with E-state index in [0.717, 1.165) is 11.4 Å². The Balaban J connectivity index is 2.48.